The van der Waals surface area contributed by atoms with Crippen LogP contribution in [0.15, 0.2) is 52.2 Å². The molecular formula is C19H18ClN5O3. The molecule has 0 aliphatic carbocycles. The third kappa shape index (κ3) is 3.86. The molecule has 0 unspecified atom stereocenters. The number of hydrogen-bond acceptors (Lipinski definition) is 5. The predicted molar refractivity (Wildman–Crippen MR) is 105 cm³/mol. The maximum absolute atomic E-state index is 12.7. The fourth-order valence-corrected chi connectivity index (χ4v) is 2.75. The van der Waals surface area contributed by atoms with Crippen LogP contribution in [0.4, 0.5) is 0 Å². The van der Waals surface area contributed by atoms with Gasteiger partial charge in [0, 0.05) is 17.8 Å². The SMILES string of the molecule is CCn1c(=O)c(C(=O)NCc2ccccn2)nn(-c2ccc(C)c(Cl)c2)c1=O. The molecular weight excluding hydrogens is 382 g/mol. The molecule has 1 N–H and O–H groups in total. The molecule has 2 aromatic heterocycles. The average Bonchev–Trinajstić information content (AvgIpc) is 2.70. The van der Waals surface area contributed by atoms with Crippen molar-refractivity contribution in [3.63, 3.8) is 0 Å². The molecule has 3 rings (SSSR count). The monoisotopic (exact) mass is 399 g/mol. The van der Waals surface area contributed by atoms with Crippen molar-refractivity contribution in [3.05, 3.63) is 85.4 Å². The van der Waals surface area contributed by atoms with Gasteiger partial charge < -0.3 is 5.32 Å². The topological polar surface area (TPSA) is 98.9 Å². The van der Waals surface area contributed by atoms with Crippen LogP contribution in [0, 0.1) is 6.92 Å². The van der Waals surface area contributed by atoms with Crippen molar-refractivity contribution >= 4 is 17.5 Å². The summed E-state index contributed by atoms with van der Waals surface area (Å²) in [4.78, 5) is 41.9. The highest BCUT2D eigenvalue weighted by atomic mass is 35.5. The Morgan fingerprint density at radius 2 is 2.00 bits per heavy atom. The van der Waals surface area contributed by atoms with E-state index in [9.17, 15) is 14.4 Å². The molecule has 0 aliphatic heterocycles. The van der Waals surface area contributed by atoms with E-state index in [1.54, 1.807) is 49.5 Å². The molecule has 144 valence electrons. The molecule has 0 spiro atoms. The lowest BCUT2D eigenvalue weighted by Crippen LogP contribution is -2.45. The summed E-state index contributed by atoms with van der Waals surface area (Å²) in [6.07, 6.45) is 1.60. The molecule has 28 heavy (non-hydrogen) atoms. The number of benzene rings is 1. The van der Waals surface area contributed by atoms with Gasteiger partial charge in [-0.3, -0.25) is 19.1 Å². The molecule has 0 atom stereocenters. The first kappa shape index (κ1) is 19.5. The Balaban J connectivity index is 2.03. The minimum absolute atomic E-state index is 0.0975. The number of hydrogen-bond donors (Lipinski definition) is 1. The van der Waals surface area contributed by atoms with E-state index >= 15 is 0 Å². The Morgan fingerprint density at radius 1 is 1.21 bits per heavy atom. The number of carbonyl (C=O) groups is 1. The van der Waals surface area contributed by atoms with E-state index in [0.29, 0.717) is 16.4 Å². The molecule has 8 nitrogen and oxygen atoms in total. The van der Waals surface area contributed by atoms with E-state index in [-0.39, 0.29) is 18.8 Å². The van der Waals surface area contributed by atoms with Gasteiger partial charge in [0.15, 0.2) is 0 Å². The average molecular weight is 400 g/mol. The van der Waals surface area contributed by atoms with Gasteiger partial charge >= 0.3 is 5.69 Å². The molecule has 3 aromatic rings. The summed E-state index contributed by atoms with van der Waals surface area (Å²) in [5.41, 5.74) is 0.0470. The Kier molecular flexibility index (Phi) is 5.70. The predicted octanol–water partition coefficient (Wildman–Crippen LogP) is 1.70. The molecule has 0 bridgehead atoms. The number of carbonyl (C=O) groups excluding carboxylic acids is 1. The molecule has 0 saturated heterocycles. The van der Waals surface area contributed by atoms with E-state index in [1.807, 2.05) is 6.92 Å². The van der Waals surface area contributed by atoms with Crippen LogP contribution in [0.5, 0.6) is 0 Å². The van der Waals surface area contributed by atoms with Crippen molar-refractivity contribution in [2.75, 3.05) is 0 Å². The zero-order chi connectivity index (χ0) is 20.3. The summed E-state index contributed by atoms with van der Waals surface area (Å²) in [5, 5.41) is 7.07. The Morgan fingerprint density at radius 3 is 2.64 bits per heavy atom. The van der Waals surface area contributed by atoms with Crippen molar-refractivity contribution in [1.29, 1.82) is 0 Å². The zero-order valence-electron chi connectivity index (χ0n) is 15.3. The Hall–Kier alpha value is -3.26. The standard InChI is InChI=1S/C19H18ClN5O3/c1-3-24-18(27)16(17(26)22-11-13-6-4-5-9-21-13)23-25(19(24)28)14-8-7-12(2)15(20)10-14/h4-10H,3,11H2,1-2H3,(H,22,26). The normalized spacial score (nSPS) is 10.7. The van der Waals surface area contributed by atoms with E-state index in [1.165, 1.54) is 0 Å². The van der Waals surface area contributed by atoms with Crippen LogP contribution in [0.3, 0.4) is 0 Å². The molecule has 0 saturated carbocycles. The maximum atomic E-state index is 12.7. The minimum Gasteiger partial charge on any atom is -0.345 e. The van der Waals surface area contributed by atoms with Gasteiger partial charge in [-0.05, 0) is 43.7 Å². The maximum Gasteiger partial charge on any atom is 0.352 e. The highest BCUT2D eigenvalue weighted by molar-refractivity contribution is 6.31. The lowest BCUT2D eigenvalue weighted by atomic mass is 10.2. The smallest absolute Gasteiger partial charge is 0.345 e. The van der Waals surface area contributed by atoms with Crippen LogP contribution < -0.4 is 16.6 Å². The number of amides is 1. The molecule has 2 heterocycles. The van der Waals surface area contributed by atoms with Crippen LogP contribution in [-0.4, -0.2) is 25.2 Å². The van der Waals surface area contributed by atoms with Crippen molar-refractivity contribution in [2.45, 2.75) is 26.9 Å². The zero-order valence-corrected chi connectivity index (χ0v) is 16.1. The van der Waals surface area contributed by atoms with Crippen LogP contribution in [-0.2, 0) is 13.1 Å². The first-order valence-corrected chi connectivity index (χ1v) is 8.99. The van der Waals surface area contributed by atoms with Gasteiger partial charge in [-0.1, -0.05) is 23.7 Å². The number of pyridine rings is 1. The second-order valence-corrected chi connectivity index (χ2v) is 6.44. The third-order valence-corrected chi connectivity index (χ3v) is 4.55. The number of nitrogens with one attached hydrogen (secondary N) is 1. The van der Waals surface area contributed by atoms with Gasteiger partial charge in [-0.15, -0.1) is 0 Å². The van der Waals surface area contributed by atoms with E-state index in [0.717, 1.165) is 14.8 Å². The summed E-state index contributed by atoms with van der Waals surface area (Å²) < 4.78 is 1.96. The number of rotatable bonds is 5. The largest absolute Gasteiger partial charge is 0.352 e. The summed E-state index contributed by atoms with van der Waals surface area (Å²) >= 11 is 6.14. The van der Waals surface area contributed by atoms with Crippen LogP contribution >= 0.6 is 11.6 Å². The molecule has 1 aromatic carbocycles. The van der Waals surface area contributed by atoms with Gasteiger partial charge in [0.1, 0.15) is 0 Å². The molecule has 0 fully saturated rings. The molecule has 1 amide bonds. The van der Waals surface area contributed by atoms with Gasteiger partial charge in [0.05, 0.1) is 17.9 Å². The van der Waals surface area contributed by atoms with E-state index < -0.39 is 17.2 Å². The summed E-state index contributed by atoms with van der Waals surface area (Å²) in [6, 6.07) is 10.2. The molecule has 0 aliphatic rings. The number of nitrogens with zero attached hydrogens (tertiary/aromatic N) is 4. The number of aryl methyl sites for hydroxylation is 1. The summed E-state index contributed by atoms with van der Waals surface area (Å²) in [5.74, 6) is -0.690. The number of halogens is 1. The van der Waals surface area contributed by atoms with E-state index in [2.05, 4.69) is 15.4 Å². The molecule has 9 heteroatoms. The lowest BCUT2D eigenvalue weighted by Gasteiger charge is -2.11. The van der Waals surface area contributed by atoms with Crippen LogP contribution in [0.25, 0.3) is 5.69 Å². The quantitative estimate of drug-likeness (QED) is 0.704. The van der Waals surface area contributed by atoms with Crippen molar-refractivity contribution in [1.82, 2.24) is 24.6 Å². The lowest BCUT2D eigenvalue weighted by molar-refractivity contribution is 0.0940. The van der Waals surface area contributed by atoms with Crippen molar-refractivity contribution < 1.29 is 4.79 Å². The van der Waals surface area contributed by atoms with Gasteiger partial charge in [-0.2, -0.15) is 9.78 Å². The van der Waals surface area contributed by atoms with Gasteiger partial charge in [0.2, 0.25) is 5.69 Å². The highest BCUT2D eigenvalue weighted by Gasteiger charge is 2.19. The van der Waals surface area contributed by atoms with Gasteiger partial charge in [-0.25, -0.2) is 4.79 Å². The fourth-order valence-electron chi connectivity index (χ4n) is 2.57. The first-order valence-electron chi connectivity index (χ1n) is 8.61. The van der Waals surface area contributed by atoms with Crippen LogP contribution in [0.2, 0.25) is 5.02 Å². The Bertz CT molecular complexity index is 1140. The third-order valence-electron chi connectivity index (χ3n) is 4.15. The second kappa shape index (κ2) is 8.18. The van der Waals surface area contributed by atoms with Crippen molar-refractivity contribution in [2.24, 2.45) is 0 Å². The minimum atomic E-state index is -0.750. The summed E-state index contributed by atoms with van der Waals surface area (Å²) in [7, 11) is 0. The van der Waals surface area contributed by atoms with Crippen LogP contribution in [0.1, 0.15) is 28.7 Å². The fraction of sp³-hybridized carbons (Fsp3) is 0.211. The highest BCUT2D eigenvalue weighted by Crippen LogP contribution is 2.18. The molecule has 0 radical (unpaired) electrons. The van der Waals surface area contributed by atoms with E-state index in [4.69, 9.17) is 11.6 Å². The van der Waals surface area contributed by atoms with Crippen molar-refractivity contribution in [3.8, 4) is 5.69 Å². The summed E-state index contributed by atoms with van der Waals surface area (Å²) in [6.45, 7) is 3.69. The Labute approximate surface area is 165 Å². The van der Waals surface area contributed by atoms with Gasteiger partial charge in [0.25, 0.3) is 11.5 Å². The second-order valence-electron chi connectivity index (χ2n) is 6.03. The first-order chi connectivity index (χ1) is 13.4. The number of aromatic nitrogens is 4.